The third-order valence-electron chi connectivity index (χ3n) is 12.7. The highest BCUT2D eigenvalue weighted by Gasteiger charge is 2.71. The first kappa shape index (κ1) is 28.4. The van der Waals surface area contributed by atoms with Gasteiger partial charge in [0.1, 0.15) is 19.0 Å². The molecule has 3 aliphatic heterocycles. The Morgan fingerprint density at radius 3 is 2.51 bits per heavy atom. The molecule has 0 aromatic carbocycles. The van der Waals surface area contributed by atoms with Crippen LogP contribution in [0.1, 0.15) is 91.9 Å². The second kappa shape index (κ2) is 9.32. The van der Waals surface area contributed by atoms with Gasteiger partial charge in [-0.05, 0) is 95.5 Å². The monoisotopic (exact) mass is 574 g/mol. The summed E-state index contributed by atoms with van der Waals surface area (Å²) in [4.78, 5) is 24.9. The van der Waals surface area contributed by atoms with Crippen molar-refractivity contribution in [2.75, 3.05) is 6.61 Å². The zero-order valence-electron chi connectivity index (χ0n) is 24.8. The molecule has 4 saturated carbocycles. The first-order valence-electron chi connectivity index (χ1n) is 15.8. The number of aliphatic hydroxyl groups is 2. The van der Waals surface area contributed by atoms with Gasteiger partial charge in [0.2, 0.25) is 0 Å². The lowest BCUT2D eigenvalue weighted by atomic mass is 9.41. The maximum absolute atomic E-state index is 13.1. The predicted molar refractivity (Wildman–Crippen MR) is 145 cm³/mol. The average Bonchev–Trinajstić information content (AvgIpc) is 3.55. The summed E-state index contributed by atoms with van der Waals surface area (Å²) in [5, 5.41) is 24.7. The van der Waals surface area contributed by atoms with Gasteiger partial charge in [0, 0.05) is 24.3 Å². The molecule has 2 N–H and O–H groups in total. The average molecular weight is 575 g/mol. The Kier molecular flexibility index (Phi) is 6.46. The van der Waals surface area contributed by atoms with Crippen LogP contribution in [0.2, 0.25) is 0 Å². The molecule has 9 heteroatoms. The van der Waals surface area contributed by atoms with Crippen LogP contribution in [0.3, 0.4) is 0 Å². The number of fused-ring (bicyclic) bond motifs is 6. The molecule has 4 aliphatic carbocycles. The van der Waals surface area contributed by atoms with Crippen molar-refractivity contribution in [3.8, 4) is 0 Å². The molecule has 9 nitrogen and oxygen atoms in total. The molecule has 41 heavy (non-hydrogen) atoms. The van der Waals surface area contributed by atoms with Gasteiger partial charge in [-0.15, -0.1) is 0 Å². The Hall–Kier alpha value is -1.36. The second-order valence-corrected chi connectivity index (χ2v) is 14.9. The van der Waals surface area contributed by atoms with Crippen LogP contribution in [0.15, 0.2) is 11.6 Å². The minimum Gasteiger partial charge on any atom is -0.458 e. The van der Waals surface area contributed by atoms with E-state index >= 15 is 0 Å². The van der Waals surface area contributed by atoms with Gasteiger partial charge in [0.25, 0.3) is 0 Å². The molecule has 0 spiro atoms. The molecule has 12 atom stereocenters. The number of aldehydes is 1. The molecular formula is C32H46O9. The number of carbonyl (C=O) groups is 2. The van der Waals surface area contributed by atoms with Crippen molar-refractivity contribution in [3.63, 3.8) is 0 Å². The van der Waals surface area contributed by atoms with Crippen LogP contribution < -0.4 is 0 Å². The molecule has 7 aliphatic rings. The van der Waals surface area contributed by atoms with Crippen LogP contribution in [0.5, 0.6) is 0 Å². The maximum atomic E-state index is 13.1. The van der Waals surface area contributed by atoms with Crippen molar-refractivity contribution in [1.82, 2.24) is 0 Å². The van der Waals surface area contributed by atoms with Crippen LogP contribution in [0, 0.1) is 28.6 Å². The van der Waals surface area contributed by atoms with E-state index in [0.29, 0.717) is 51.6 Å². The Morgan fingerprint density at radius 2 is 1.78 bits per heavy atom. The van der Waals surface area contributed by atoms with Gasteiger partial charge in [-0.25, -0.2) is 4.79 Å². The molecule has 228 valence electrons. The fraction of sp³-hybridized carbons (Fsp3) is 0.875. The van der Waals surface area contributed by atoms with E-state index in [9.17, 15) is 19.8 Å². The number of esters is 1. The Bertz CT molecular complexity index is 1140. The summed E-state index contributed by atoms with van der Waals surface area (Å²) < 4.78 is 30.0. The van der Waals surface area contributed by atoms with Gasteiger partial charge < -0.3 is 38.7 Å². The van der Waals surface area contributed by atoms with Gasteiger partial charge in [0.15, 0.2) is 12.1 Å². The number of carbonyl (C=O) groups excluding carboxylic acids is 2. The van der Waals surface area contributed by atoms with E-state index in [1.54, 1.807) is 6.08 Å². The maximum Gasteiger partial charge on any atom is 0.331 e. The molecule has 7 rings (SSSR count). The van der Waals surface area contributed by atoms with Crippen molar-refractivity contribution >= 4 is 12.3 Å². The molecule has 6 fully saturated rings. The first-order chi connectivity index (χ1) is 19.3. The van der Waals surface area contributed by atoms with Gasteiger partial charge in [-0.3, -0.25) is 0 Å². The zero-order chi connectivity index (χ0) is 29.0. The molecule has 0 aromatic heterocycles. The third-order valence-corrected chi connectivity index (χ3v) is 12.7. The van der Waals surface area contributed by atoms with Crippen molar-refractivity contribution < 1.29 is 43.5 Å². The van der Waals surface area contributed by atoms with Crippen molar-refractivity contribution in [2.45, 2.75) is 140 Å². The van der Waals surface area contributed by atoms with Crippen molar-refractivity contribution in [3.05, 3.63) is 11.6 Å². The van der Waals surface area contributed by atoms with Crippen LogP contribution >= 0.6 is 0 Å². The van der Waals surface area contributed by atoms with E-state index in [4.69, 9.17) is 23.7 Å². The summed E-state index contributed by atoms with van der Waals surface area (Å²) in [6.07, 6.45) is 7.78. The number of hydrogen-bond donors (Lipinski definition) is 2. The topological polar surface area (TPSA) is 121 Å². The lowest BCUT2D eigenvalue weighted by molar-refractivity contribution is -0.278. The van der Waals surface area contributed by atoms with Crippen LogP contribution in [-0.2, 0) is 33.3 Å². The van der Waals surface area contributed by atoms with E-state index in [1.807, 2.05) is 20.8 Å². The summed E-state index contributed by atoms with van der Waals surface area (Å²) in [7, 11) is 0. The smallest absolute Gasteiger partial charge is 0.331 e. The third kappa shape index (κ3) is 4.02. The lowest BCUT2D eigenvalue weighted by Gasteiger charge is -2.65. The van der Waals surface area contributed by atoms with E-state index in [0.717, 1.165) is 31.1 Å². The lowest BCUT2D eigenvalue weighted by Crippen LogP contribution is -2.69. The molecule has 3 heterocycles. The zero-order valence-corrected chi connectivity index (χ0v) is 24.8. The second-order valence-electron chi connectivity index (χ2n) is 14.9. The molecule has 2 saturated heterocycles. The Balaban J connectivity index is 1.08. The normalized spacial score (nSPS) is 53.9. The minimum absolute atomic E-state index is 0.0739. The Labute approximate surface area is 242 Å². The van der Waals surface area contributed by atoms with Gasteiger partial charge in [-0.2, -0.15) is 0 Å². The van der Waals surface area contributed by atoms with E-state index < -0.39 is 28.7 Å². The van der Waals surface area contributed by atoms with Crippen LogP contribution in [0.25, 0.3) is 0 Å². The molecule has 0 aromatic rings. The summed E-state index contributed by atoms with van der Waals surface area (Å²) in [6.45, 7) is 8.28. The van der Waals surface area contributed by atoms with E-state index in [1.165, 1.54) is 0 Å². The minimum atomic E-state index is -1.19. The number of cyclic esters (lactones) is 1. The number of hydrogen-bond acceptors (Lipinski definition) is 9. The highest BCUT2D eigenvalue weighted by Crippen LogP contribution is 2.70. The summed E-state index contributed by atoms with van der Waals surface area (Å²) in [5.41, 5.74) is -2.44. The standard InChI is InChI=1S/C32H46O9/c1-18-27-24(40-28(2,3)41-27)14-26(38-18)39-20-5-10-30(17-33)22-6-9-29(4)21(19-13-25(34)37-16-19)8-12-32(29,36)23(22)7-11-31(30,35)15-20/h13,17-18,20-24,26-27,35-36H,5-12,14-16H2,1-4H3/t18-,20+,21-,22+,23-,24+,26+,27+,29-,30+,31+,32+/m1/s1. The van der Waals surface area contributed by atoms with Gasteiger partial charge >= 0.3 is 5.97 Å². The fourth-order valence-corrected chi connectivity index (χ4v) is 10.7. The van der Waals surface area contributed by atoms with Crippen LogP contribution in [-0.4, -0.2) is 76.8 Å². The van der Waals surface area contributed by atoms with E-state index in [-0.39, 0.29) is 53.6 Å². The SMILES string of the molecule is C[C@H]1O[C@@H](O[C@H]2CC[C@]3(C=O)[C@H]4CC[C@]5(C)[C@@H](C6=CC(=O)OC6)CC[C@]5(O)[C@@H]4CC[C@]3(O)C2)C[C@@H]2OC(C)(C)O[C@H]21. The highest BCUT2D eigenvalue weighted by atomic mass is 16.8. The van der Waals surface area contributed by atoms with Crippen molar-refractivity contribution in [1.29, 1.82) is 0 Å². The van der Waals surface area contributed by atoms with Crippen LogP contribution in [0.4, 0.5) is 0 Å². The van der Waals surface area contributed by atoms with Gasteiger partial charge in [-0.1, -0.05) is 6.92 Å². The largest absolute Gasteiger partial charge is 0.458 e. The molecule has 0 radical (unpaired) electrons. The molecular weight excluding hydrogens is 528 g/mol. The van der Waals surface area contributed by atoms with E-state index in [2.05, 4.69) is 6.92 Å². The quantitative estimate of drug-likeness (QED) is 0.295. The number of ether oxygens (including phenoxy) is 5. The summed E-state index contributed by atoms with van der Waals surface area (Å²) in [6, 6.07) is 0. The summed E-state index contributed by atoms with van der Waals surface area (Å²) in [5.74, 6) is -1.02. The predicted octanol–water partition coefficient (Wildman–Crippen LogP) is 3.58. The Morgan fingerprint density at radius 1 is 1.00 bits per heavy atom. The fourth-order valence-electron chi connectivity index (χ4n) is 10.7. The molecule has 0 amide bonds. The highest BCUT2D eigenvalue weighted by molar-refractivity contribution is 5.85. The molecule has 0 unspecified atom stereocenters. The van der Waals surface area contributed by atoms with Crippen molar-refractivity contribution in [2.24, 2.45) is 28.6 Å². The first-order valence-corrected chi connectivity index (χ1v) is 15.8. The van der Waals surface area contributed by atoms with Gasteiger partial charge in [0.05, 0.1) is 34.9 Å². The summed E-state index contributed by atoms with van der Waals surface area (Å²) >= 11 is 0. The molecule has 0 bridgehead atoms. The number of rotatable bonds is 4.